The second kappa shape index (κ2) is 5.15. The number of piperidine rings is 1. The number of rotatable bonds is 0. The van der Waals surface area contributed by atoms with Crippen LogP contribution in [0.4, 0.5) is 4.39 Å². The molecule has 3 nitrogen and oxygen atoms in total. The molecule has 0 bridgehead atoms. The number of benzene rings is 1. The van der Waals surface area contributed by atoms with E-state index < -0.39 is 0 Å². The molecule has 4 heteroatoms. The fraction of sp³-hybridized carbons (Fsp3) is 0.381. The van der Waals surface area contributed by atoms with E-state index in [-0.39, 0.29) is 11.4 Å². The predicted molar refractivity (Wildman–Crippen MR) is 96.8 cm³/mol. The fourth-order valence-corrected chi connectivity index (χ4v) is 4.85. The number of halogens is 1. The van der Waals surface area contributed by atoms with Gasteiger partial charge in [-0.3, -0.25) is 0 Å². The third-order valence-electron chi connectivity index (χ3n) is 6.30. The Labute approximate surface area is 147 Å². The number of allylic oxidation sites excluding steroid dienone is 4. The molecule has 0 N–H and O–H groups in total. The number of likely N-dealkylation sites (tertiary alicyclic amines) is 1. The van der Waals surface area contributed by atoms with Crippen molar-refractivity contribution in [2.45, 2.75) is 24.8 Å². The lowest BCUT2D eigenvalue weighted by atomic mass is 9.72. The van der Waals surface area contributed by atoms with E-state index in [2.05, 4.69) is 42.1 Å². The fourth-order valence-electron chi connectivity index (χ4n) is 4.85. The van der Waals surface area contributed by atoms with Gasteiger partial charge in [-0.1, -0.05) is 18.2 Å². The zero-order valence-corrected chi connectivity index (χ0v) is 14.7. The van der Waals surface area contributed by atoms with E-state index in [1.165, 1.54) is 16.4 Å². The van der Waals surface area contributed by atoms with E-state index >= 15 is 0 Å². The lowest BCUT2D eigenvalue weighted by Gasteiger charge is -2.53. The van der Waals surface area contributed by atoms with Crippen LogP contribution in [-0.2, 0) is 0 Å². The van der Waals surface area contributed by atoms with Crippen molar-refractivity contribution in [1.82, 2.24) is 9.80 Å². The van der Waals surface area contributed by atoms with E-state index in [1.54, 1.807) is 12.2 Å². The van der Waals surface area contributed by atoms with Crippen LogP contribution < -0.4 is 10.6 Å². The SMILES string of the molecule is CN1CCC2(CC1)C1=c3ccccc3=NC1=C1CC=C(F)C=C1N2C. The summed E-state index contributed by atoms with van der Waals surface area (Å²) in [4.78, 5) is 9.72. The molecule has 1 spiro atoms. The molecule has 0 atom stereocenters. The summed E-state index contributed by atoms with van der Waals surface area (Å²) < 4.78 is 14.0. The second-order valence-electron chi connectivity index (χ2n) is 7.55. The van der Waals surface area contributed by atoms with Crippen LogP contribution in [0.25, 0.3) is 5.57 Å². The van der Waals surface area contributed by atoms with E-state index in [0.29, 0.717) is 6.42 Å². The molecular weight excluding hydrogens is 313 g/mol. The van der Waals surface area contributed by atoms with Crippen LogP contribution in [0.1, 0.15) is 19.3 Å². The number of fused-ring (bicyclic) bond motifs is 4. The van der Waals surface area contributed by atoms with Crippen LogP contribution in [0.15, 0.2) is 64.2 Å². The van der Waals surface area contributed by atoms with Crippen molar-refractivity contribution in [3.8, 4) is 0 Å². The molecular formula is C21H22FN3. The average Bonchev–Trinajstić information content (AvgIpc) is 3.02. The third kappa shape index (κ3) is 1.97. The van der Waals surface area contributed by atoms with Gasteiger partial charge in [0.15, 0.2) is 0 Å². The number of hydrogen-bond donors (Lipinski definition) is 0. The smallest absolute Gasteiger partial charge is 0.121 e. The van der Waals surface area contributed by atoms with Gasteiger partial charge >= 0.3 is 0 Å². The quantitative estimate of drug-likeness (QED) is 0.724. The lowest BCUT2D eigenvalue weighted by Crippen LogP contribution is -2.57. The summed E-state index contributed by atoms with van der Waals surface area (Å²) in [6.45, 7) is 2.09. The van der Waals surface area contributed by atoms with Gasteiger partial charge < -0.3 is 9.80 Å². The van der Waals surface area contributed by atoms with Crippen LogP contribution in [-0.4, -0.2) is 42.5 Å². The molecule has 128 valence electrons. The van der Waals surface area contributed by atoms with Gasteiger partial charge in [0.1, 0.15) is 5.83 Å². The van der Waals surface area contributed by atoms with Crippen molar-refractivity contribution >= 4 is 5.57 Å². The van der Waals surface area contributed by atoms with E-state index in [1.807, 2.05) is 6.07 Å². The molecule has 1 saturated heterocycles. The summed E-state index contributed by atoms with van der Waals surface area (Å²) in [7, 11) is 4.32. The van der Waals surface area contributed by atoms with Crippen molar-refractivity contribution in [2.75, 3.05) is 27.2 Å². The van der Waals surface area contributed by atoms with E-state index in [0.717, 1.165) is 42.7 Å². The van der Waals surface area contributed by atoms with Crippen LogP contribution in [0, 0.1) is 0 Å². The monoisotopic (exact) mass is 335 g/mol. The maximum absolute atomic E-state index is 14.0. The Kier molecular flexibility index (Phi) is 3.11. The summed E-state index contributed by atoms with van der Waals surface area (Å²) in [5, 5.41) is 2.32. The van der Waals surface area contributed by atoms with Crippen molar-refractivity contribution < 1.29 is 4.39 Å². The van der Waals surface area contributed by atoms with Crippen molar-refractivity contribution in [3.05, 3.63) is 69.8 Å². The topological polar surface area (TPSA) is 18.8 Å². The van der Waals surface area contributed by atoms with Gasteiger partial charge in [0.2, 0.25) is 0 Å². The number of likely N-dealkylation sites (N-methyl/N-ethyl adjacent to an activating group) is 1. The molecule has 5 rings (SSSR count). The summed E-state index contributed by atoms with van der Waals surface area (Å²) in [5.41, 5.74) is 4.55. The van der Waals surface area contributed by atoms with Gasteiger partial charge in [-0.2, -0.15) is 0 Å². The van der Waals surface area contributed by atoms with Crippen LogP contribution in [0.2, 0.25) is 0 Å². The molecule has 1 aromatic carbocycles. The average molecular weight is 335 g/mol. The second-order valence-corrected chi connectivity index (χ2v) is 7.55. The first-order chi connectivity index (χ1) is 12.1. The van der Waals surface area contributed by atoms with Crippen LogP contribution in [0.3, 0.4) is 0 Å². The van der Waals surface area contributed by atoms with Gasteiger partial charge in [-0.25, -0.2) is 9.38 Å². The minimum Gasteiger partial charge on any atom is -0.364 e. The largest absolute Gasteiger partial charge is 0.364 e. The molecule has 3 aliphatic heterocycles. The maximum Gasteiger partial charge on any atom is 0.121 e. The zero-order chi connectivity index (χ0) is 17.2. The molecule has 25 heavy (non-hydrogen) atoms. The minimum atomic E-state index is -0.131. The van der Waals surface area contributed by atoms with E-state index in [9.17, 15) is 4.39 Å². The Morgan fingerprint density at radius 3 is 2.68 bits per heavy atom. The highest BCUT2D eigenvalue weighted by atomic mass is 19.1. The lowest BCUT2D eigenvalue weighted by molar-refractivity contribution is 0.117. The molecule has 1 aliphatic carbocycles. The first-order valence-electron chi connectivity index (χ1n) is 9.02. The molecule has 1 fully saturated rings. The Bertz CT molecular complexity index is 975. The number of para-hydroxylation sites is 1. The summed E-state index contributed by atoms with van der Waals surface area (Å²) in [5.74, 6) is -0.131. The van der Waals surface area contributed by atoms with Crippen molar-refractivity contribution in [2.24, 2.45) is 4.99 Å². The number of nitrogens with zero attached hydrogens (tertiary/aromatic N) is 3. The molecule has 0 unspecified atom stereocenters. The summed E-state index contributed by atoms with van der Waals surface area (Å²) >= 11 is 0. The highest BCUT2D eigenvalue weighted by molar-refractivity contribution is 5.79. The maximum atomic E-state index is 14.0. The highest BCUT2D eigenvalue weighted by Crippen LogP contribution is 2.50. The van der Waals surface area contributed by atoms with Gasteiger partial charge in [0, 0.05) is 42.2 Å². The normalized spacial score (nSPS) is 24.4. The highest BCUT2D eigenvalue weighted by Gasteiger charge is 2.49. The summed E-state index contributed by atoms with van der Waals surface area (Å²) in [6, 6.07) is 8.44. The molecule has 0 aromatic heterocycles. The molecule has 0 amide bonds. The number of hydrogen-bond acceptors (Lipinski definition) is 3. The van der Waals surface area contributed by atoms with Gasteiger partial charge in [0.25, 0.3) is 0 Å². The standard InChI is InChI=1S/C21H22FN3/c1-24-11-9-21(10-12-24)19-15-5-3-4-6-17(15)23-20(19)16-8-7-14(22)13-18(16)25(21)2/h3-7,13H,8-12H2,1-2H3. The zero-order valence-electron chi connectivity index (χ0n) is 14.7. The van der Waals surface area contributed by atoms with Gasteiger partial charge in [0.05, 0.1) is 16.6 Å². The Morgan fingerprint density at radius 2 is 1.88 bits per heavy atom. The first-order valence-corrected chi connectivity index (χ1v) is 9.02. The van der Waals surface area contributed by atoms with Crippen LogP contribution >= 0.6 is 0 Å². The Balaban J connectivity index is 1.84. The van der Waals surface area contributed by atoms with Crippen molar-refractivity contribution in [3.63, 3.8) is 0 Å². The summed E-state index contributed by atoms with van der Waals surface area (Å²) in [6.07, 6.45) is 6.06. The molecule has 4 aliphatic rings. The Hall–Kier alpha value is -2.20. The first kappa shape index (κ1) is 15.1. The minimum absolute atomic E-state index is 0.0924. The van der Waals surface area contributed by atoms with Gasteiger partial charge in [-0.05, 0) is 44.5 Å². The predicted octanol–water partition coefficient (Wildman–Crippen LogP) is 2.28. The molecule has 3 heterocycles. The van der Waals surface area contributed by atoms with Crippen LogP contribution in [0.5, 0.6) is 0 Å². The van der Waals surface area contributed by atoms with Crippen molar-refractivity contribution in [1.29, 1.82) is 0 Å². The molecule has 0 radical (unpaired) electrons. The van der Waals surface area contributed by atoms with E-state index in [4.69, 9.17) is 4.99 Å². The third-order valence-corrected chi connectivity index (χ3v) is 6.30. The Morgan fingerprint density at radius 1 is 1.12 bits per heavy atom. The van der Waals surface area contributed by atoms with Gasteiger partial charge in [-0.15, -0.1) is 0 Å². The molecule has 0 saturated carbocycles. The molecule has 1 aromatic rings.